The van der Waals surface area contributed by atoms with E-state index in [4.69, 9.17) is 13.9 Å². The van der Waals surface area contributed by atoms with Gasteiger partial charge in [0.2, 0.25) is 0 Å². The lowest BCUT2D eigenvalue weighted by Crippen LogP contribution is -2.44. The molecule has 0 amide bonds. The Labute approximate surface area is 203 Å². The predicted molar refractivity (Wildman–Crippen MR) is 128 cm³/mol. The summed E-state index contributed by atoms with van der Waals surface area (Å²) in [4.78, 5) is 53.3. The fourth-order valence-electron chi connectivity index (χ4n) is 4.88. The first-order valence-corrected chi connectivity index (χ1v) is 11.7. The van der Waals surface area contributed by atoms with Gasteiger partial charge in [-0.25, -0.2) is 4.79 Å². The molecule has 184 valence electrons. The second kappa shape index (κ2) is 9.52. The van der Waals surface area contributed by atoms with E-state index < -0.39 is 29.6 Å². The number of ketones is 1. The third-order valence-corrected chi connectivity index (χ3v) is 6.86. The van der Waals surface area contributed by atoms with E-state index in [1.807, 2.05) is 6.92 Å². The van der Waals surface area contributed by atoms with Gasteiger partial charge >= 0.3 is 11.9 Å². The molecular weight excluding hydrogens is 450 g/mol. The number of nitrogens with one attached hydrogen (secondary N) is 1. The summed E-state index contributed by atoms with van der Waals surface area (Å²) in [5.41, 5.74) is 1.60. The zero-order valence-corrected chi connectivity index (χ0v) is 20.5. The van der Waals surface area contributed by atoms with Gasteiger partial charge in [-0.05, 0) is 44.7 Å². The fraction of sp³-hybridized carbons (Fsp3) is 0.407. The van der Waals surface area contributed by atoms with Gasteiger partial charge in [0.1, 0.15) is 11.5 Å². The molecule has 2 aromatic rings. The molecule has 4 atom stereocenters. The highest BCUT2D eigenvalue weighted by molar-refractivity contribution is 6.12. The van der Waals surface area contributed by atoms with Gasteiger partial charge in [-0.2, -0.15) is 0 Å². The summed E-state index contributed by atoms with van der Waals surface area (Å²) in [7, 11) is 1.24. The quantitative estimate of drug-likeness (QED) is 0.510. The van der Waals surface area contributed by atoms with Gasteiger partial charge in [0.25, 0.3) is 0 Å². The monoisotopic (exact) mass is 479 g/mol. The molecule has 1 aromatic heterocycles. The third-order valence-electron chi connectivity index (χ3n) is 6.86. The summed E-state index contributed by atoms with van der Waals surface area (Å²) in [5, 5.41) is 3.52. The van der Waals surface area contributed by atoms with E-state index in [9.17, 15) is 19.2 Å². The molecule has 1 aliphatic carbocycles. The average Bonchev–Trinajstić information content (AvgIpc) is 2.83. The summed E-state index contributed by atoms with van der Waals surface area (Å²) in [6.07, 6.45) is 1.91. The third kappa shape index (κ3) is 4.17. The van der Waals surface area contributed by atoms with Crippen molar-refractivity contribution in [1.82, 2.24) is 5.32 Å². The lowest BCUT2D eigenvalue weighted by molar-refractivity contribution is -0.151. The maximum absolute atomic E-state index is 13.8. The van der Waals surface area contributed by atoms with E-state index in [2.05, 4.69) is 5.32 Å². The normalized spacial score (nSPS) is 23.0. The number of allylic oxidation sites excluding steroid dienone is 3. The Balaban J connectivity index is 1.95. The van der Waals surface area contributed by atoms with E-state index in [0.717, 1.165) is 0 Å². The lowest BCUT2D eigenvalue weighted by atomic mass is 9.69. The van der Waals surface area contributed by atoms with Crippen molar-refractivity contribution in [3.05, 3.63) is 68.9 Å². The van der Waals surface area contributed by atoms with Crippen LogP contribution in [0, 0.1) is 11.8 Å². The largest absolute Gasteiger partial charge is 0.468 e. The number of Topliss-reactive ketones (excluding diaryl/α,β-unsaturated/α-hetero) is 1. The molecule has 4 unspecified atom stereocenters. The minimum absolute atomic E-state index is 0.139. The first-order valence-electron chi connectivity index (χ1n) is 11.7. The van der Waals surface area contributed by atoms with Crippen LogP contribution in [-0.2, 0) is 23.9 Å². The van der Waals surface area contributed by atoms with Crippen molar-refractivity contribution in [2.24, 2.45) is 11.8 Å². The number of hydrogen-bond donors (Lipinski definition) is 1. The van der Waals surface area contributed by atoms with Crippen LogP contribution in [0.25, 0.3) is 11.0 Å². The summed E-state index contributed by atoms with van der Waals surface area (Å²) >= 11 is 0. The number of rotatable bonds is 5. The number of hydrogen-bond acceptors (Lipinski definition) is 8. The van der Waals surface area contributed by atoms with Crippen LogP contribution in [0.5, 0.6) is 0 Å². The van der Waals surface area contributed by atoms with Crippen molar-refractivity contribution in [2.45, 2.75) is 52.6 Å². The van der Waals surface area contributed by atoms with Crippen LogP contribution in [0.15, 0.2) is 62.3 Å². The van der Waals surface area contributed by atoms with Gasteiger partial charge in [0.15, 0.2) is 11.2 Å². The van der Waals surface area contributed by atoms with Gasteiger partial charge in [-0.1, -0.05) is 26.0 Å². The Hall–Kier alpha value is -3.68. The smallest absolute Gasteiger partial charge is 0.337 e. The van der Waals surface area contributed by atoms with Crippen LogP contribution in [0.1, 0.15) is 52.0 Å². The Kier molecular flexibility index (Phi) is 6.65. The Morgan fingerprint density at radius 2 is 1.94 bits per heavy atom. The molecule has 0 spiro atoms. The summed E-state index contributed by atoms with van der Waals surface area (Å²) in [6.45, 7) is 7.18. The number of benzene rings is 1. The highest BCUT2D eigenvalue weighted by atomic mass is 16.5. The van der Waals surface area contributed by atoms with E-state index >= 15 is 0 Å². The maximum atomic E-state index is 13.8. The number of dihydropyridines is 1. The first kappa shape index (κ1) is 24.4. The molecular formula is C27H29NO7. The highest BCUT2D eigenvalue weighted by Crippen LogP contribution is 2.45. The zero-order chi connectivity index (χ0) is 25.4. The number of esters is 2. The van der Waals surface area contributed by atoms with E-state index in [-0.39, 0.29) is 34.2 Å². The number of fused-ring (bicyclic) bond motifs is 1. The molecule has 1 N–H and O–H groups in total. The van der Waals surface area contributed by atoms with Gasteiger partial charge in [-0.3, -0.25) is 14.4 Å². The van der Waals surface area contributed by atoms with Crippen molar-refractivity contribution in [2.75, 3.05) is 7.11 Å². The van der Waals surface area contributed by atoms with Crippen molar-refractivity contribution in [1.29, 1.82) is 0 Å². The van der Waals surface area contributed by atoms with Gasteiger partial charge in [0.05, 0.1) is 36.4 Å². The molecule has 0 saturated heterocycles. The lowest BCUT2D eigenvalue weighted by Gasteiger charge is -2.38. The second-order valence-corrected chi connectivity index (χ2v) is 9.18. The first-order chi connectivity index (χ1) is 16.7. The minimum Gasteiger partial charge on any atom is -0.468 e. The van der Waals surface area contributed by atoms with Crippen LogP contribution in [0.2, 0.25) is 0 Å². The van der Waals surface area contributed by atoms with Gasteiger partial charge < -0.3 is 19.2 Å². The molecule has 8 heteroatoms. The van der Waals surface area contributed by atoms with Crippen LogP contribution < -0.4 is 10.7 Å². The zero-order valence-electron chi connectivity index (χ0n) is 20.5. The topological polar surface area (TPSA) is 112 Å². The van der Waals surface area contributed by atoms with E-state index in [1.54, 1.807) is 45.0 Å². The number of carbonyl (C=O) groups excluding carboxylic acids is 3. The molecule has 1 aromatic carbocycles. The standard InChI is InChI=1S/C27H29NO7/c1-6-14(3)35-27(32)21-15(4)28-18-11-13(2)20(26(31)33-5)25(30)23(18)22(21)17-12-34-19-10-8-7-9-16(19)24(17)29/h7-10,12-14,20,22,28H,6,11H2,1-5H3. The Bertz CT molecular complexity index is 1330. The average molecular weight is 480 g/mol. The van der Waals surface area contributed by atoms with Gasteiger partial charge in [0, 0.05) is 22.5 Å². The molecule has 35 heavy (non-hydrogen) atoms. The highest BCUT2D eigenvalue weighted by Gasteiger charge is 2.48. The molecule has 2 heterocycles. The number of para-hydroxylation sites is 1. The number of ether oxygens (including phenoxy) is 2. The second-order valence-electron chi connectivity index (χ2n) is 9.18. The van der Waals surface area contributed by atoms with Crippen molar-refractivity contribution in [3.8, 4) is 0 Å². The molecule has 0 radical (unpaired) electrons. The fourth-order valence-corrected chi connectivity index (χ4v) is 4.88. The van der Waals surface area contributed by atoms with Crippen LogP contribution in [0.3, 0.4) is 0 Å². The van der Waals surface area contributed by atoms with Crippen LogP contribution in [0.4, 0.5) is 0 Å². The maximum Gasteiger partial charge on any atom is 0.337 e. The van der Waals surface area contributed by atoms with Crippen molar-refractivity contribution < 1.29 is 28.3 Å². The predicted octanol–water partition coefficient (Wildman–Crippen LogP) is 3.75. The van der Waals surface area contributed by atoms with Gasteiger partial charge in [-0.15, -0.1) is 0 Å². The summed E-state index contributed by atoms with van der Waals surface area (Å²) < 4.78 is 16.3. The summed E-state index contributed by atoms with van der Waals surface area (Å²) in [5.74, 6) is -4.16. The van der Waals surface area contributed by atoms with E-state index in [0.29, 0.717) is 35.2 Å². The van der Waals surface area contributed by atoms with Crippen molar-refractivity contribution in [3.63, 3.8) is 0 Å². The molecule has 4 rings (SSSR count). The molecule has 8 nitrogen and oxygen atoms in total. The molecule has 0 fully saturated rings. The Morgan fingerprint density at radius 1 is 1.23 bits per heavy atom. The van der Waals surface area contributed by atoms with Crippen LogP contribution in [-0.4, -0.2) is 30.9 Å². The Morgan fingerprint density at radius 3 is 2.63 bits per heavy atom. The van der Waals surface area contributed by atoms with Crippen LogP contribution >= 0.6 is 0 Å². The molecule has 1 aliphatic heterocycles. The number of methoxy groups -OCH3 is 1. The molecule has 0 saturated carbocycles. The minimum atomic E-state index is -1.05. The summed E-state index contributed by atoms with van der Waals surface area (Å²) in [6, 6.07) is 6.78. The number of carbonyl (C=O) groups is 3. The molecule has 2 aliphatic rings. The van der Waals surface area contributed by atoms with Crippen molar-refractivity contribution >= 4 is 28.7 Å². The SMILES string of the molecule is CCC(C)OC(=O)C1=C(C)NC2=C(C(=O)C(C(=O)OC)C(C)C2)C1c1coc2ccccc2c1=O. The molecule has 0 bridgehead atoms. The van der Waals surface area contributed by atoms with E-state index in [1.165, 1.54) is 13.4 Å².